The predicted octanol–water partition coefficient (Wildman–Crippen LogP) is 4.06. The summed E-state index contributed by atoms with van der Waals surface area (Å²) in [5.41, 5.74) is 2.38. The first-order valence-electron chi connectivity index (χ1n) is 8.18. The molecule has 0 saturated heterocycles. The van der Waals surface area contributed by atoms with Crippen LogP contribution in [-0.4, -0.2) is 29.5 Å². The highest BCUT2D eigenvalue weighted by Gasteiger charge is 2.17. The highest BCUT2D eigenvalue weighted by atomic mass is 15.1. The molecule has 0 aliphatic heterocycles. The summed E-state index contributed by atoms with van der Waals surface area (Å²) < 4.78 is 0. The summed E-state index contributed by atoms with van der Waals surface area (Å²) in [5.74, 6) is 0. The van der Waals surface area contributed by atoms with Gasteiger partial charge in [-0.1, -0.05) is 32.6 Å². The zero-order valence-corrected chi connectivity index (χ0v) is 13.1. The van der Waals surface area contributed by atoms with Crippen LogP contribution in [0.3, 0.4) is 0 Å². The van der Waals surface area contributed by atoms with E-state index in [2.05, 4.69) is 41.3 Å². The molecule has 3 heteroatoms. The molecule has 1 heterocycles. The number of anilines is 1. The molecule has 1 aromatic rings. The van der Waals surface area contributed by atoms with Gasteiger partial charge in [0.1, 0.15) is 0 Å². The summed E-state index contributed by atoms with van der Waals surface area (Å²) in [6.45, 7) is 4.18. The number of nitrogens with one attached hydrogen (secondary N) is 1. The lowest BCUT2D eigenvalue weighted by molar-refractivity contribution is 0.211. The van der Waals surface area contributed by atoms with E-state index in [1.807, 2.05) is 6.20 Å². The molecular weight excluding hydrogens is 246 g/mol. The number of hydrogen-bond donors (Lipinski definition) is 1. The van der Waals surface area contributed by atoms with Crippen LogP contribution in [0.4, 0.5) is 5.69 Å². The van der Waals surface area contributed by atoms with E-state index in [0.29, 0.717) is 0 Å². The fraction of sp³-hybridized carbons (Fsp3) is 0.706. The maximum absolute atomic E-state index is 4.52. The molecule has 2 rings (SSSR count). The highest BCUT2D eigenvalue weighted by molar-refractivity contribution is 5.43. The molecule has 112 valence electrons. The van der Waals surface area contributed by atoms with Crippen molar-refractivity contribution >= 4 is 5.69 Å². The van der Waals surface area contributed by atoms with Crippen LogP contribution < -0.4 is 5.32 Å². The lowest BCUT2D eigenvalue weighted by Gasteiger charge is -2.26. The molecule has 0 radical (unpaired) electrons. The van der Waals surface area contributed by atoms with Crippen molar-refractivity contribution in [2.45, 2.75) is 64.5 Å². The van der Waals surface area contributed by atoms with Gasteiger partial charge < -0.3 is 5.32 Å². The van der Waals surface area contributed by atoms with Crippen molar-refractivity contribution in [2.24, 2.45) is 0 Å². The summed E-state index contributed by atoms with van der Waals surface area (Å²) in [4.78, 5) is 7.02. The summed E-state index contributed by atoms with van der Waals surface area (Å²) >= 11 is 0. The van der Waals surface area contributed by atoms with Crippen LogP contribution in [0.25, 0.3) is 0 Å². The molecule has 0 unspecified atom stereocenters. The van der Waals surface area contributed by atoms with E-state index in [1.54, 1.807) is 0 Å². The van der Waals surface area contributed by atoms with Crippen molar-refractivity contribution in [1.82, 2.24) is 9.88 Å². The lowest BCUT2D eigenvalue weighted by Crippen LogP contribution is -2.31. The molecule has 1 fully saturated rings. The molecule has 0 atom stereocenters. The van der Waals surface area contributed by atoms with E-state index >= 15 is 0 Å². The fourth-order valence-corrected chi connectivity index (χ4v) is 3.03. The van der Waals surface area contributed by atoms with Gasteiger partial charge in [0.2, 0.25) is 0 Å². The third kappa shape index (κ3) is 4.78. The van der Waals surface area contributed by atoms with Crippen LogP contribution in [0.15, 0.2) is 18.3 Å². The third-order valence-electron chi connectivity index (χ3n) is 4.26. The van der Waals surface area contributed by atoms with Crippen LogP contribution >= 0.6 is 0 Å². The zero-order chi connectivity index (χ0) is 14.2. The Morgan fingerprint density at radius 1 is 1.25 bits per heavy atom. The molecule has 1 aliphatic rings. The van der Waals surface area contributed by atoms with Gasteiger partial charge >= 0.3 is 0 Å². The number of aromatic nitrogens is 1. The van der Waals surface area contributed by atoms with Crippen LogP contribution in [0.2, 0.25) is 0 Å². The quantitative estimate of drug-likeness (QED) is 0.794. The summed E-state index contributed by atoms with van der Waals surface area (Å²) in [6.07, 6.45) is 11.4. The van der Waals surface area contributed by atoms with Gasteiger partial charge in [0.25, 0.3) is 0 Å². The number of rotatable bonds is 6. The van der Waals surface area contributed by atoms with Gasteiger partial charge in [0, 0.05) is 31.0 Å². The Morgan fingerprint density at radius 3 is 2.70 bits per heavy atom. The van der Waals surface area contributed by atoms with Crippen molar-refractivity contribution in [3.63, 3.8) is 0 Å². The van der Waals surface area contributed by atoms with Gasteiger partial charge in [0.15, 0.2) is 0 Å². The van der Waals surface area contributed by atoms with E-state index in [4.69, 9.17) is 0 Å². The minimum absolute atomic E-state index is 0.742. The Morgan fingerprint density at radius 2 is 2.00 bits per heavy atom. The monoisotopic (exact) mass is 275 g/mol. The zero-order valence-electron chi connectivity index (χ0n) is 13.1. The molecule has 1 N–H and O–H groups in total. The Labute approximate surface area is 123 Å². The van der Waals surface area contributed by atoms with Crippen molar-refractivity contribution in [3.8, 4) is 0 Å². The van der Waals surface area contributed by atoms with E-state index in [9.17, 15) is 0 Å². The van der Waals surface area contributed by atoms with Crippen molar-refractivity contribution in [3.05, 3.63) is 24.0 Å². The SMILES string of the molecule is CCCNc1ccnc(CN(C)C2CCCCCC2)c1. The molecule has 0 bridgehead atoms. The van der Waals surface area contributed by atoms with Gasteiger partial charge in [-0.2, -0.15) is 0 Å². The smallest absolute Gasteiger partial charge is 0.0564 e. The standard InChI is InChI=1S/C17H29N3/c1-3-11-18-15-10-12-19-16(13-15)14-20(2)17-8-6-4-5-7-9-17/h10,12-13,17H,3-9,11,14H2,1-2H3,(H,18,19). The Bertz CT molecular complexity index is 384. The number of pyridine rings is 1. The number of nitrogens with zero attached hydrogens (tertiary/aromatic N) is 2. The summed E-state index contributed by atoms with van der Waals surface area (Å²) in [5, 5.41) is 3.44. The second-order valence-electron chi connectivity index (χ2n) is 6.02. The molecule has 1 saturated carbocycles. The fourth-order valence-electron chi connectivity index (χ4n) is 3.03. The Kier molecular flexibility index (Phi) is 6.31. The molecule has 0 aromatic carbocycles. The van der Waals surface area contributed by atoms with E-state index in [1.165, 1.54) is 49.9 Å². The van der Waals surface area contributed by atoms with E-state index in [0.717, 1.165) is 25.6 Å². The first-order valence-corrected chi connectivity index (χ1v) is 8.18. The molecule has 1 aliphatic carbocycles. The second-order valence-corrected chi connectivity index (χ2v) is 6.02. The molecule has 0 amide bonds. The van der Waals surface area contributed by atoms with E-state index < -0.39 is 0 Å². The highest BCUT2D eigenvalue weighted by Crippen LogP contribution is 2.22. The maximum atomic E-state index is 4.52. The summed E-state index contributed by atoms with van der Waals surface area (Å²) in [7, 11) is 2.25. The van der Waals surface area contributed by atoms with Gasteiger partial charge in [-0.15, -0.1) is 0 Å². The van der Waals surface area contributed by atoms with Crippen LogP contribution in [0, 0.1) is 0 Å². The minimum Gasteiger partial charge on any atom is -0.385 e. The first-order chi connectivity index (χ1) is 9.79. The molecule has 20 heavy (non-hydrogen) atoms. The van der Waals surface area contributed by atoms with Gasteiger partial charge in [-0.3, -0.25) is 9.88 Å². The normalized spacial score (nSPS) is 17.1. The van der Waals surface area contributed by atoms with Gasteiger partial charge in [-0.05, 0) is 38.4 Å². The molecule has 3 nitrogen and oxygen atoms in total. The second kappa shape index (κ2) is 8.25. The first kappa shape index (κ1) is 15.3. The molecule has 1 aromatic heterocycles. The summed E-state index contributed by atoms with van der Waals surface area (Å²) in [6, 6.07) is 5.00. The van der Waals surface area contributed by atoms with Crippen LogP contribution in [0.1, 0.15) is 57.6 Å². The number of hydrogen-bond acceptors (Lipinski definition) is 3. The Hall–Kier alpha value is -1.09. The van der Waals surface area contributed by atoms with E-state index in [-0.39, 0.29) is 0 Å². The van der Waals surface area contributed by atoms with Gasteiger partial charge in [-0.25, -0.2) is 0 Å². The average molecular weight is 275 g/mol. The van der Waals surface area contributed by atoms with Crippen molar-refractivity contribution in [1.29, 1.82) is 0 Å². The molecule has 0 spiro atoms. The topological polar surface area (TPSA) is 28.2 Å². The predicted molar refractivity (Wildman–Crippen MR) is 86.0 cm³/mol. The van der Waals surface area contributed by atoms with Gasteiger partial charge in [0.05, 0.1) is 5.69 Å². The largest absolute Gasteiger partial charge is 0.385 e. The van der Waals surface area contributed by atoms with Crippen molar-refractivity contribution < 1.29 is 0 Å². The Balaban J connectivity index is 1.90. The molecular formula is C17H29N3. The lowest BCUT2D eigenvalue weighted by atomic mass is 10.1. The minimum atomic E-state index is 0.742. The maximum Gasteiger partial charge on any atom is 0.0564 e. The van der Waals surface area contributed by atoms with Crippen LogP contribution in [0.5, 0.6) is 0 Å². The van der Waals surface area contributed by atoms with Crippen LogP contribution in [-0.2, 0) is 6.54 Å². The third-order valence-corrected chi connectivity index (χ3v) is 4.26. The average Bonchev–Trinajstić information content (AvgIpc) is 2.74. The van der Waals surface area contributed by atoms with Crippen molar-refractivity contribution in [2.75, 3.05) is 18.9 Å².